The zero-order valence-electron chi connectivity index (χ0n) is 10.8. The van der Waals surface area contributed by atoms with E-state index in [2.05, 4.69) is 10.6 Å². The molecule has 1 aromatic carbocycles. The lowest BCUT2D eigenvalue weighted by molar-refractivity contribution is -0.115. The third-order valence-corrected chi connectivity index (χ3v) is 2.75. The van der Waals surface area contributed by atoms with E-state index in [0.717, 1.165) is 18.6 Å². The van der Waals surface area contributed by atoms with Gasteiger partial charge in [-0.15, -0.1) is 0 Å². The molecule has 5 heteroatoms. The van der Waals surface area contributed by atoms with Gasteiger partial charge in [-0.2, -0.15) is 0 Å². The van der Waals surface area contributed by atoms with E-state index >= 15 is 0 Å². The Bertz CT molecular complexity index is 435. The fourth-order valence-electron chi connectivity index (χ4n) is 1.35. The molecule has 1 aromatic rings. The maximum Gasteiger partial charge on any atom is 0.238 e. The van der Waals surface area contributed by atoms with Crippen LogP contribution in [0.15, 0.2) is 12.1 Å². The third kappa shape index (κ3) is 4.07. The Kier molecular flexibility index (Phi) is 5.22. The average Bonchev–Trinajstić information content (AvgIpc) is 2.33. The number of aryl methyl sites for hydroxylation is 1. The summed E-state index contributed by atoms with van der Waals surface area (Å²) in [4.78, 5) is 11.5. The standard InChI is InChI=1S/C13H18F2N2O/c1-4-9(3)16-7-13(18)17-12-6-10(14)8(2)5-11(12)15/h5-6,9,16H,4,7H2,1-3H3,(H,17,18). The fraction of sp³-hybridized carbons (Fsp3) is 0.462. The monoisotopic (exact) mass is 256 g/mol. The number of carbonyl (C=O) groups is 1. The van der Waals surface area contributed by atoms with Crippen LogP contribution in [0.3, 0.4) is 0 Å². The number of rotatable bonds is 5. The largest absolute Gasteiger partial charge is 0.322 e. The molecule has 18 heavy (non-hydrogen) atoms. The molecule has 0 saturated carbocycles. The minimum absolute atomic E-state index is 0.0734. The number of hydrogen-bond donors (Lipinski definition) is 2. The van der Waals surface area contributed by atoms with Crippen molar-refractivity contribution >= 4 is 11.6 Å². The van der Waals surface area contributed by atoms with E-state index in [9.17, 15) is 13.6 Å². The highest BCUT2D eigenvalue weighted by molar-refractivity contribution is 5.92. The molecule has 0 aliphatic heterocycles. The number of anilines is 1. The molecule has 0 aromatic heterocycles. The lowest BCUT2D eigenvalue weighted by Crippen LogP contribution is -2.34. The molecule has 0 fully saturated rings. The fourth-order valence-corrected chi connectivity index (χ4v) is 1.35. The Morgan fingerprint density at radius 1 is 1.33 bits per heavy atom. The number of nitrogens with one attached hydrogen (secondary N) is 2. The van der Waals surface area contributed by atoms with Crippen molar-refractivity contribution < 1.29 is 13.6 Å². The van der Waals surface area contributed by atoms with Crippen LogP contribution in [0.25, 0.3) is 0 Å². The summed E-state index contributed by atoms with van der Waals surface area (Å²) in [5.74, 6) is -1.56. The highest BCUT2D eigenvalue weighted by atomic mass is 19.1. The first-order chi connectivity index (χ1) is 8.43. The smallest absolute Gasteiger partial charge is 0.238 e. The second-order valence-corrected chi connectivity index (χ2v) is 4.32. The molecule has 2 N–H and O–H groups in total. The Morgan fingerprint density at radius 2 is 2.00 bits per heavy atom. The molecule has 0 aliphatic rings. The van der Waals surface area contributed by atoms with Crippen molar-refractivity contribution in [2.45, 2.75) is 33.2 Å². The molecule has 0 radical (unpaired) electrons. The second-order valence-electron chi connectivity index (χ2n) is 4.32. The van der Waals surface area contributed by atoms with Crippen LogP contribution in [0.4, 0.5) is 14.5 Å². The van der Waals surface area contributed by atoms with Crippen LogP contribution in [0.2, 0.25) is 0 Å². The third-order valence-electron chi connectivity index (χ3n) is 2.75. The Morgan fingerprint density at radius 3 is 2.61 bits per heavy atom. The van der Waals surface area contributed by atoms with E-state index < -0.39 is 17.5 Å². The highest BCUT2D eigenvalue weighted by Crippen LogP contribution is 2.18. The number of benzene rings is 1. The van der Waals surface area contributed by atoms with Gasteiger partial charge in [0.05, 0.1) is 12.2 Å². The quantitative estimate of drug-likeness (QED) is 0.850. The number of halogens is 2. The summed E-state index contributed by atoms with van der Waals surface area (Å²) in [6, 6.07) is 2.26. The van der Waals surface area contributed by atoms with Crippen LogP contribution in [-0.4, -0.2) is 18.5 Å². The van der Waals surface area contributed by atoms with Crippen LogP contribution >= 0.6 is 0 Å². The minimum Gasteiger partial charge on any atom is -0.322 e. The molecule has 3 nitrogen and oxygen atoms in total. The molecule has 100 valence electrons. The average molecular weight is 256 g/mol. The van der Waals surface area contributed by atoms with E-state index in [1.807, 2.05) is 13.8 Å². The summed E-state index contributed by atoms with van der Waals surface area (Å²) in [6.07, 6.45) is 0.890. The molecular weight excluding hydrogens is 238 g/mol. The number of amides is 1. The molecular formula is C13H18F2N2O. The Labute approximate surface area is 106 Å². The van der Waals surface area contributed by atoms with Crippen molar-refractivity contribution in [1.29, 1.82) is 0 Å². The van der Waals surface area contributed by atoms with Crippen molar-refractivity contribution in [2.75, 3.05) is 11.9 Å². The van der Waals surface area contributed by atoms with Crippen molar-refractivity contribution in [1.82, 2.24) is 5.32 Å². The van der Waals surface area contributed by atoms with Crippen LogP contribution in [-0.2, 0) is 4.79 Å². The van der Waals surface area contributed by atoms with Crippen LogP contribution in [0, 0.1) is 18.6 Å². The van der Waals surface area contributed by atoms with Crippen LogP contribution in [0.1, 0.15) is 25.8 Å². The van der Waals surface area contributed by atoms with E-state index in [-0.39, 0.29) is 23.8 Å². The first-order valence-electron chi connectivity index (χ1n) is 5.93. The van der Waals surface area contributed by atoms with Gasteiger partial charge in [-0.1, -0.05) is 6.92 Å². The molecule has 0 spiro atoms. The van der Waals surface area contributed by atoms with Gasteiger partial charge in [0.1, 0.15) is 11.6 Å². The number of carbonyl (C=O) groups excluding carboxylic acids is 1. The van der Waals surface area contributed by atoms with E-state index in [4.69, 9.17) is 0 Å². The molecule has 0 bridgehead atoms. The normalized spacial score (nSPS) is 12.3. The van der Waals surface area contributed by atoms with Crippen LogP contribution < -0.4 is 10.6 Å². The highest BCUT2D eigenvalue weighted by Gasteiger charge is 2.10. The Hall–Kier alpha value is -1.49. The van der Waals surface area contributed by atoms with Crippen LogP contribution in [0.5, 0.6) is 0 Å². The first kappa shape index (κ1) is 14.6. The van der Waals surface area contributed by atoms with Gasteiger partial charge in [-0.3, -0.25) is 4.79 Å². The molecule has 1 unspecified atom stereocenters. The summed E-state index contributed by atoms with van der Waals surface area (Å²) in [5.41, 5.74) is 0.0808. The molecule has 1 amide bonds. The lowest BCUT2D eigenvalue weighted by atomic mass is 10.2. The van der Waals surface area contributed by atoms with Gasteiger partial charge in [0.25, 0.3) is 0 Å². The summed E-state index contributed by atoms with van der Waals surface area (Å²) in [6.45, 7) is 5.47. The van der Waals surface area contributed by atoms with Gasteiger partial charge in [0, 0.05) is 12.1 Å². The van der Waals surface area contributed by atoms with E-state index in [0.29, 0.717) is 0 Å². The topological polar surface area (TPSA) is 41.1 Å². The van der Waals surface area contributed by atoms with Gasteiger partial charge in [-0.25, -0.2) is 8.78 Å². The maximum atomic E-state index is 13.5. The Balaban J connectivity index is 2.62. The molecule has 1 atom stereocenters. The first-order valence-corrected chi connectivity index (χ1v) is 5.93. The molecule has 1 rings (SSSR count). The summed E-state index contributed by atoms with van der Waals surface area (Å²) in [5, 5.41) is 5.31. The minimum atomic E-state index is -0.634. The zero-order valence-corrected chi connectivity index (χ0v) is 10.8. The molecule has 0 aliphatic carbocycles. The van der Waals surface area contributed by atoms with E-state index in [1.54, 1.807) is 0 Å². The van der Waals surface area contributed by atoms with Crippen molar-refractivity contribution in [2.24, 2.45) is 0 Å². The van der Waals surface area contributed by atoms with Crippen molar-refractivity contribution in [3.05, 3.63) is 29.3 Å². The van der Waals surface area contributed by atoms with Crippen molar-refractivity contribution in [3.63, 3.8) is 0 Å². The van der Waals surface area contributed by atoms with Gasteiger partial charge in [0.2, 0.25) is 5.91 Å². The van der Waals surface area contributed by atoms with E-state index in [1.165, 1.54) is 6.92 Å². The second kappa shape index (κ2) is 6.44. The molecule has 0 saturated heterocycles. The van der Waals surface area contributed by atoms with Gasteiger partial charge in [-0.05, 0) is 31.9 Å². The molecule has 0 heterocycles. The maximum absolute atomic E-state index is 13.5. The predicted octanol–water partition coefficient (Wildman–Crippen LogP) is 2.60. The van der Waals surface area contributed by atoms with Gasteiger partial charge in [0.15, 0.2) is 0 Å². The predicted molar refractivity (Wildman–Crippen MR) is 67.5 cm³/mol. The summed E-state index contributed by atoms with van der Waals surface area (Å²) < 4.78 is 26.7. The summed E-state index contributed by atoms with van der Waals surface area (Å²) >= 11 is 0. The van der Waals surface area contributed by atoms with Gasteiger partial charge >= 0.3 is 0 Å². The summed E-state index contributed by atoms with van der Waals surface area (Å²) in [7, 11) is 0. The zero-order chi connectivity index (χ0) is 13.7. The number of hydrogen-bond acceptors (Lipinski definition) is 2. The SMILES string of the molecule is CCC(C)NCC(=O)Nc1cc(F)c(C)cc1F. The van der Waals surface area contributed by atoms with Crippen molar-refractivity contribution in [3.8, 4) is 0 Å². The lowest BCUT2D eigenvalue weighted by Gasteiger charge is -2.12. The van der Waals surface area contributed by atoms with Gasteiger partial charge < -0.3 is 10.6 Å².